The summed E-state index contributed by atoms with van der Waals surface area (Å²) in [6.45, 7) is 8.18. The van der Waals surface area contributed by atoms with Crippen molar-refractivity contribution in [3.63, 3.8) is 0 Å². The second-order valence-electron chi connectivity index (χ2n) is 7.61. The Labute approximate surface area is 171 Å². The first-order valence-electron chi connectivity index (χ1n) is 11.0. The molecular weight excluding hydrogens is 352 g/mol. The van der Waals surface area contributed by atoms with Crippen molar-refractivity contribution in [2.45, 2.75) is 91.9 Å². The average molecular weight is 391 g/mol. The number of esters is 2. The van der Waals surface area contributed by atoms with Crippen LogP contribution in [0.3, 0.4) is 0 Å². The Morgan fingerprint density at radius 3 is 2.04 bits per heavy atom. The molecule has 0 saturated heterocycles. The van der Waals surface area contributed by atoms with Gasteiger partial charge >= 0.3 is 11.9 Å². The maximum atomic E-state index is 12.8. The largest absolute Gasteiger partial charge is 0.465 e. The number of ether oxygens (including phenoxy) is 2. The van der Waals surface area contributed by atoms with Crippen LogP contribution in [-0.2, 0) is 14.3 Å². The van der Waals surface area contributed by atoms with E-state index in [1.165, 1.54) is 38.5 Å². The van der Waals surface area contributed by atoms with E-state index in [0.29, 0.717) is 25.2 Å². The molecule has 0 spiro atoms. The minimum atomic E-state index is -1.23. The molecule has 0 saturated carbocycles. The summed E-state index contributed by atoms with van der Waals surface area (Å²) in [7, 11) is 0. The molecule has 158 valence electrons. The predicted molar refractivity (Wildman–Crippen MR) is 113 cm³/mol. The van der Waals surface area contributed by atoms with Crippen LogP contribution in [0.4, 0.5) is 0 Å². The highest BCUT2D eigenvalue weighted by Gasteiger charge is 2.46. The Kier molecular flexibility index (Phi) is 11.5. The van der Waals surface area contributed by atoms with E-state index in [0.717, 1.165) is 18.4 Å². The molecule has 0 fully saturated rings. The molecule has 0 heterocycles. The van der Waals surface area contributed by atoms with Gasteiger partial charge in [0.2, 0.25) is 0 Å². The molecule has 0 atom stereocenters. The van der Waals surface area contributed by atoms with Crippen molar-refractivity contribution in [1.29, 1.82) is 0 Å². The fourth-order valence-electron chi connectivity index (χ4n) is 3.33. The van der Waals surface area contributed by atoms with Crippen LogP contribution in [0.15, 0.2) is 24.3 Å². The van der Waals surface area contributed by atoms with Crippen molar-refractivity contribution in [3.05, 3.63) is 29.8 Å². The quantitative estimate of drug-likeness (QED) is 0.160. The Morgan fingerprint density at radius 2 is 1.46 bits per heavy atom. The molecule has 0 bridgehead atoms. The van der Waals surface area contributed by atoms with Crippen molar-refractivity contribution in [2.24, 2.45) is 5.41 Å². The van der Waals surface area contributed by atoms with Crippen LogP contribution in [0.25, 0.3) is 0 Å². The molecule has 0 aromatic heterocycles. The number of hydrogen-bond acceptors (Lipinski definition) is 4. The zero-order chi connectivity index (χ0) is 20.8. The highest BCUT2D eigenvalue weighted by Crippen LogP contribution is 2.31. The molecule has 1 aromatic rings. The molecule has 0 aliphatic rings. The number of carbonyl (C=O) groups excluding carboxylic acids is 2. The van der Waals surface area contributed by atoms with Gasteiger partial charge < -0.3 is 9.47 Å². The maximum Gasteiger partial charge on any atom is 0.328 e. The standard InChI is InChI=1S/C24H38O4/c1-5-8-9-10-11-12-13-14-18-27-22(25)24(6-2,7-3)23(26)28-21-17-15-16-20(4)19-21/h15-17,19H,5-14,18H2,1-4H3. The third-order valence-corrected chi connectivity index (χ3v) is 5.42. The number of carbonyl (C=O) groups is 2. The average Bonchev–Trinajstić information content (AvgIpc) is 2.68. The second kappa shape index (κ2) is 13.4. The van der Waals surface area contributed by atoms with E-state index in [2.05, 4.69) is 6.92 Å². The van der Waals surface area contributed by atoms with E-state index in [-0.39, 0.29) is 0 Å². The van der Waals surface area contributed by atoms with Crippen LogP contribution in [0, 0.1) is 12.3 Å². The van der Waals surface area contributed by atoms with Gasteiger partial charge in [-0.2, -0.15) is 0 Å². The maximum absolute atomic E-state index is 12.8. The van der Waals surface area contributed by atoms with E-state index >= 15 is 0 Å². The summed E-state index contributed by atoms with van der Waals surface area (Å²) < 4.78 is 11.0. The summed E-state index contributed by atoms with van der Waals surface area (Å²) in [4.78, 5) is 25.5. The molecule has 0 N–H and O–H groups in total. The van der Waals surface area contributed by atoms with Crippen molar-refractivity contribution >= 4 is 11.9 Å². The summed E-state index contributed by atoms with van der Waals surface area (Å²) in [6.07, 6.45) is 10.2. The molecule has 0 aliphatic carbocycles. The molecule has 1 aromatic carbocycles. The van der Waals surface area contributed by atoms with Gasteiger partial charge in [-0.25, -0.2) is 0 Å². The van der Waals surface area contributed by atoms with Gasteiger partial charge in [-0.3, -0.25) is 9.59 Å². The number of aryl methyl sites for hydroxylation is 1. The summed E-state index contributed by atoms with van der Waals surface area (Å²) in [5.74, 6) is -0.519. The van der Waals surface area contributed by atoms with E-state index < -0.39 is 17.4 Å². The second-order valence-corrected chi connectivity index (χ2v) is 7.61. The third-order valence-electron chi connectivity index (χ3n) is 5.42. The zero-order valence-corrected chi connectivity index (χ0v) is 18.2. The van der Waals surface area contributed by atoms with Crippen LogP contribution in [-0.4, -0.2) is 18.5 Å². The normalized spacial score (nSPS) is 11.3. The van der Waals surface area contributed by atoms with Gasteiger partial charge in [0, 0.05) is 0 Å². The number of unbranched alkanes of at least 4 members (excludes halogenated alkanes) is 7. The predicted octanol–water partition coefficient (Wildman–Crippen LogP) is 6.39. The summed E-state index contributed by atoms with van der Waals surface area (Å²) in [5, 5.41) is 0. The Morgan fingerprint density at radius 1 is 0.857 bits per heavy atom. The molecule has 0 aliphatic heterocycles. The molecule has 1 rings (SSSR count). The zero-order valence-electron chi connectivity index (χ0n) is 18.2. The monoisotopic (exact) mass is 390 g/mol. The van der Waals surface area contributed by atoms with Crippen molar-refractivity contribution in [2.75, 3.05) is 6.61 Å². The minimum absolute atomic E-state index is 0.365. The van der Waals surface area contributed by atoms with Crippen LogP contribution in [0.2, 0.25) is 0 Å². The first kappa shape index (κ1) is 24.2. The minimum Gasteiger partial charge on any atom is -0.465 e. The Bertz CT molecular complexity index is 590. The highest BCUT2D eigenvalue weighted by molar-refractivity contribution is 6.00. The first-order chi connectivity index (χ1) is 13.5. The first-order valence-corrected chi connectivity index (χ1v) is 11.0. The van der Waals surface area contributed by atoms with E-state index in [4.69, 9.17) is 9.47 Å². The number of hydrogen-bond donors (Lipinski definition) is 0. The fraction of sp³-hybridized carbons (Fsp3) is 0.667. The number of benzene rings is 1. The summed E-state index contributed by atoms with van der Waals surface area (Å²) in [6, 6.07) is 7.28. The van der Waals surface area contributed by atoms with Crippen molar-refractivity contribution < 1.29 is 19.1 Å². The molecule has 0 radical (unpaired) electrons. The third kappa shape index (κ3) is 7.65. The lowest BCUT2D eigenvalue weighted by molar-refractivity contribution is -0.168. The SMILES string of the molecule is CCCCCCCCCCOC(=O)C(CC)(CC)C(=O)Oc1cccc(C)c1. The Hall–Kier alpha value is -1.84. The topological polar surface area (TPSA) is 52.6 Å². The molecule has 0 unspecified atom stereocenters. The van der Waals surface area contributed by atoms with Gasteiger partial charge in [-0.15, -0.1) is 0 Å². The van der Waals surface area contributed by atoms with Gasteiger partial charge in [-0.1, -0.05) is 77.8 Å². The van der Waals surface area contributed by atoms with Crippen molar-refractivity contribution in [3.8, 4) is 5.75 Å². The highest BCUT2D eigenvalue weighted by atomic mass is 16.6. The van der Waals surface area contributed by atoms with Gasteiger partial charge in [0.05, 0.1) is 6.61 Å². The molecule has 28 heavy (non-hydrogen) atoms. The van der Waals surface area contributed by atoms with Gasteiger partial charge in [0.15, 0.2) is 5.41 Å². The molecular formula is C24H38O4. The summed E-state index contributed by atoms with van der Waals surface area (Å²) in [5.41, 5.74) is -0.231. The van der Waals surface area contributed by atoms with Crippen LogP contribution in [0.5, 0.6) is 5.75 Å². The lowest BCUT2D eigenvalue weighted by Crippen LogP contribution is -2.42. The summed E-state index contributed by atoms with van der Waals surface area (Å²) >= 11 is 0. The van der Waals surface area contributed by atoms with Crippen LogP contribution in [0.1, 0.15) is 90.5 Å². The van der Waals surface area contributed by atoms with E-state index in [1.807, 2.05) is 32.9 Å². The van der Waals surface area contributed by atoms with Crippen LogP contribution >= 0.6 is 0 Å². The van der Waals surface area contributed by atoms with E-state index in [9.17, 15) is 9.59 Å². The smallest absolute Gasteiger partial charge is 0.328 e. The fourth-order valence-corrected chi connectivity index (χ4v) is 3.33. The van der Waals surface area contributed by atoms with Gasteiger partial charge in [0.1, 0.15) is 5.75 Å². The lowest BCUT2D eigenvalue weighted by atomic mass is 9.82. The Balaban J connectivity index is 2.47. The lowest BCUT2D eigenvalue weighted by Gasteiger charge is -2.26. The van der Waals surface area contributed by atoms with Crippen molar-refractivity contribution in [1.82, 2.24) is 0 Å². The molecule has 0 amide bonds. The number of rotatable bonds is 14. The van der Waals surface area contributed by atoms with Gasteiger partial charge in [0.25, 0.3) is 0 Å². The van der Waals surface area contributed by atoms with Crippen LogP contribution < -0.4 is 4.74 Å². The van der Waals surface area contributed by atoms with Gasteiger partial charge in [-0.05, 0) is 43.9 Å². The molecule has 4 heteroatoms. The molecule has 4 nitrogen and oxygen atoms in total. The van der Waals surface area contributed by atoms with E-state index in [1.54, 1.807) is 12.1 Å².